The molecule has 0 bridgehead atoms. The van der Waals surface area contributed by atoms with E-state index in [4.69, 9.17) is 4.74 Å². The molecule has 0 aliphatic carbocycles. The minimum atomic E-state index is -0.671. The van der Waals surface area contributed by atoms with Gasteiger partial charge < -0.3 is 9.84 Å². The van der Waals surface area contributed by atoms with Crippen molar-refractivity contribution in [3.05, 3.63) is 64.4 Å². The van der Waals surface area contributed by atoms with Crippen molar-refractivity contribution in [1.82, 2.24) is 19.2 Å². The van der Waals surface area contributed by atoms with Crippen LogP contribution < -0.4 is 10.3 Å². The van der Waals surface area contributed by atoms with Crippen LogP contribution in [0.25, 0.3) is 16.7 Å². The third-order valence-electron chi connectivity index (χ3n) is 4.76. The topological polar surface area (TPSA) is 81.7 Å². The molecule has 30 heavy (non-hydrogen) atoms. The van der Waals surface area contributed by atoms with E-state index in [1.165, 1.54) is 11.8 Å². The Labute approximate surface area is 178 Å². The quantitative estimate of drug-likeness (QED) is 0.437. The van der Waals surface area contributed by atoms with E-state index in [0.29, 0.717) is 28.6 Å². The van der Waals surface area contributed by atoms with Crippen molar-refractivity contribution >= 4 is 28.4 Å². The number of rotatable bonds is 8. The summed E-state index contributed by atoms with van der Waals surface area (Å²) in [6.45, 7) is 4.78. The van der Waals surface area contributed by atoms with Crippen LogP contribution in [0.2, 0.25) is 0 Å². The van der Waals surface area contributed by atoms with Gasteiger partial charge in [-0.15, -0.1) is 10.2 Å². The van der Waals surface area contributed by atoms with Crippen LogP contribution in [0.3, 0.4) is 0 Å². The van der Waals surface area contributed by atoms with Crippen molar-refractivity contribution in [2.75, 3.05) is 12.4 Å². The number of benzene rings is 2. The standard InChI is InChI=1S/C22H24N4O3S/c1-3-11-25-20(28)18-9-4-5-10-19(18)26-21(25)23-24-22(26)30-14-16(27)13-29-17-8-6-7-15(2)12-17/h4-10,12,16,27H,3,11,13-14H2,1-2H3. The number of fused-ring (bicyclic) bond motifs is 3. The Morgan fingerprint density at radius 2 is 2.00 bits per heavy atom. The zero-order valence-corrected chi connectivity index (χ0v) is 17.8. The van der Waals surface area contributed by atoms with Crippen molar-refractivity contribution in [3.8, 4) is 5.75 Å². The Morgan fingerprint density at radius 3 is 2.80 bits per heavy atom. The highest BCUT2D eigenvalue weighted by molar-refractivity contribution is 7.99. The van der Waals surface area contributed by atoms with Gasteiger partial charge in [-0.3, -0.25) is 13.8 Å². The minimum absolute atomic E-state index is 0.0597. The van der Waals surface area contributed by atoms with Gasteiger partial charge in [0.05, 0.1) is 17.0 Å². The first-order chi connectivity index (χ1) is 14.6. The van der Waals surface area contributed by atoms with E-state index >= 15 is 0 Å². The second-order valence-corrected chi connectivity index (χ2v) is 8.17. The van der Waals surface area contributed by atoms with Gasteiger partial charge in [-0.05, 0) is 43.2 Å². The van der Waals surface area contributed by atoms with Crippen molar-refractivity contribution < 1.29 is 9.84 Å². The molecule has 1 unspecified atom stereocenters. The van der Waals surface area contributed by atoms with Crippen LogP contribution in [0.5, 0.6) is 5.75 Å². The Hall–Kier alpha value is -2.84. The smallest absolute Gasteiger partial charge is 0.262 e. The number of nitrogens with zero attached hydrogens (tertiary/aromatic N) is 4. The molecular weight excluding hydrogens is 400 g/mol. The largest absolute Gasteiger partial charge is 0.491 e. The molecule has 8 heteroatoms. The molecule has 0 spiro atoms. The molecular formula is C22H24N4O3S. The van der Waals surface area contributed by atoms with Crippen molar-refractivity contribution in [1.29, 1.82) is 0 Å². The average molecular weight is 425 g/mol. The van der Waals surface area contributed by atoms with E-state index in [9.17, 15) is 9.90 Å². The van der Waals surface area contributed by atoms with E-state index in [1.807, 2.05) is 66.8 Å². The summed E-state index contributed by atoms with van der Waals surface area (Å²) in [5.74, 6) is 1.66. The van der Waals surface area contributed by atoms with Crippen LogP contribution in [-0.2, 0) is 6.54 Å². The van der Waals surface area contributed by atoms with Gasteiger partial charge in [0.2, 0.25) is 5.78 Å². The molecule has 0 aliphatic heterocycles. The number of aromatic nitrogens is 4. The van der Waals surface area contributed by atoms with E-state index in [2.05, 4.69) is 10.2 Å². The molecule has 2 aromatic heterocycles. The summed E-state index contributed by atoms with van der Waals surface area (Å²) in [6.07, 6.45) is 0.147. The average Bonchev–Trinajstić information content (AvgIpc) is 3.18. The highest BCUT2D eigenvalue weighted by atomic mass is 32.2. The van der Waals surface area contributed by atoms with Gasteiger partial charge in [-0.25, -0.2) is 0 Å². The minimum Gasteiger partial charge on any atom is -0.491 e. The Bertz CT molecular complexity index is 1230. The molecule has 1 N–H and O–H groups in total. The third-order valence-corrected chi connectivity index (χ3v) is 5.84. The number of aryl methyl sites for hydroxylation is 2. The number of hydrogen-bond donors (Lipinski definition) is 1. The molecule has 1 atom stereocenters. The highest BCUT2D eigenvalue weighted by Gasteiger charge is 2.17. The summed E-state index contributed by atoms with van der Waals surface area (Å²) < 4.78 is 9.25. The number of aliphatic hydroxyl groups is 1. The molecule has 0 saturated carbocycles. The summed E-state index contributed by atoms with van der Waals surface area (Å²) >= 11 is 1.39. The molecule has 0 amide bonds. The molecule has 0 radical (unpaired) electrons. The van der Waals surface area contributed by atoms with E-state index in [-0.39, 0.29) is 12.2 Å². The Morgan fingerprint density at radius 1 is 1.17 bits per heavy atom. The number of para-hydroxylation sites is 1. The van der Waals surface area contributed by atoms with Gasteiger partial charge in [0.25, 0.3) is 5.56 Å². The summed E-state index contributed by atoms with van der Waals surface area (Å²) in [7, 11) is 0. The van der Waals surface area contributed by atoms with E-state index < -0.39 is 6.10 Å². The Balaban J connectivity index is 1.57. The highest BCUT2D eigenvalue weighted by Crippen LogP contribution is 2.22. The first-order valence-corrected chi connectivity index (χ1v) is 10.9. The molecule has 0 aliphatic rings. The fourth-order valence-corrected chi connectivity index (χ4v) is 4.21. The number of ether oxygens (including phenoxy) is 1. The molecule has 4 rings (SSSR count). The van der Waals surface area contributed by atoms with Gasteiger partial charge in [0.15, 0.2) is 5.16 Å². The van der Waals surface area contributed by atoms with Gasteiger partial charge >= 0.3 is 0 Å². The summed E-state index contributed by atoms with van der Waals surface area (Å²) in [5, 5.41) is 20.2. The van der Waals surface area contributed by atoms with E-state index in [1.54, 1.807) is 4.57 Å². The SMILES string of the molecule is CCCn1c(=O)c2ccccc2n2c(SCC(O)COc3cccc(C)c3)nnc12. The number of aliphatic hydroxyl groups excluding tert-OH is 1. The maximum atomic E-state index is 12.9. The molecule has 4 aromatic rings. The van der Waals surface area contributed by atoms with E-state index in [0.717, 1.165) is 23.3 Å². The maximum Gasteiger partial charge on any atom is 0.262 e. The summed E-state index contributed by atoms with van der Waals surface area (Å²) in [6, 6.07) is 15.2. The monoisotopic (exact) mass is 424 g/mol. The molecule has 2 heterocycles. The lowest BCUT2D eigenvalue weighted by molar-refractivity contribution is 0.126. The predicted octanol–water partition coefficient (Wildman–Crippen LogP) is 3.29. The van der Waals surface area contributed by atoms with Crippen LogP contribution in [0, 0.1) is 6.92 Å². The van der Waals surface area contributed by atoms with Crippen LogP contribution in [0.1, 0.15) is 18.9 Å². The number of hydrogen-bond acceptors (Lipinski definition) is 6. The lowest BCUT2D eigenvalue weighted by Gasteiger charge is -2.13. The van der Waals surface area contributed by atoms with Gasteiger partial charge in [-0.1, -0.05) is 43.0 Å². The second kappa shape index (κ2) is 8.89. The van der Waals surface area contributed by atoms with Crippen molar-refractivity contribution in [2.45, 2.75) is 38.1 Å². The van der Waals surface area contributed by atoms with Gasteiger partial charge in [0, 0.05) is 12.3 Å². The summed E-state index contributed by atoms with van der Waals surface area (Å²) in [4.78, 5) is 12.9. The fourth-order valence-electron chi connectivity index (χ4n) is 3.37. The van der Waals surface area contributed by atoms with Crippen molar-refractivity contribution in [2.24, 2.45) is 0 Å². The molecule has 7 nitrogen and oxygen atoms in total. The van der Waals surface area contributed by atoms with Crippen LogP contribution >= 0.6 is 11.8 Å². The molecule has 0 saturated heterocycles. The lowest BCUT2D eigenvalue weighted by atomic mass is 10.2. The van der Waals surface area contributed by atoms with Crippen LogP contribution in [0.4, 0.5) is 0 Å². The zero-order chi connectivity index (χ0) is 21.1. The predicted molar refractivity (Wildman–Crippen MR) is 118 cm³/mol. The first-order valence-electron chi connectivity index (χ1n) is 9.95. The fraction of sp³-hybridized carbons (Fsp3) is 0.318. The maximum absolute atomic E-state index is 12.9. The number of thioether (sulfide) groups is 1. The van der Waals surface area contributed by atoms with Gasteiger partial charge in [0.1, 0.15) is 12.4 Å². The normalized spacial score (nSPS) is 12.5. The molecule has 0 fully saturated rings. The lowest BCUT2D eigenvalue weighted by Crippen LogP contribution is -2.23. The third kappa shape index (κ3) is 4.06. The molecule has 2 aromatic carbocycles. The van der Waals surface area contributed by atoms with Crippen LogP contribution in [0.15, 0.2) is 58.5 Å². The van der Waals surface area contributed by atoms with Crippen molar-refractivity contribution in [3.63, 3.8) is 0 Å². The Kier molecular flexibility index (Phi) is 6.06. The van der Waals surface area contributed by atoms with Gasteiger partial charge in [-0.2, -0.15) is 0 Å². The van der Waals surface area contributed by atoms with Crippen LogP contribution in [-0.4, -0.2) is 42.7 Å². The zero-order valence-electron chi connectivity index (χ0n) is 17.0. The second-order valence-electron chi connectivity index (χ2n) is 7.18. The molecule has 156 valence electrons. The summed E-state index contributed by atoms with van der Waals surface area (Å²) in [5.41, 5.74) is 1.81. The first kappa shape index (κ1) is 20.4.